The van der Waals surface area contributed by atoms with E-state index in [4.69, 9.17) is 0 Å². The zero-order valence-electron chi connectivity index (χ0n) is 15.4. The van der Waals surface area contributed by atoms with Crippen LogP contribution in [0.1, 0.15) is 25.0 Å². The van der Waals surface area contributed by atoms with Gasteiger partial charge in [0.15, 0.2) is 5.60 Å². The van der Waals surface area contributed by atoms with Gasteiger partial charge in [0, 0.05) is 29.2 Å². The lowest BCUT2D eigenvalue weighted by atomic mass is 9.81. The number of Topliss-reactive ketones (excluding diaryl/α,β-unsaturated/α-hetero) is 1. The highest BCUT2D eigenvalue weighted by molar-refractivity contribution is 6.09. The molecule has 2 unspecified atom stereocenters. The molecule has 2 atom stereocenters. The molecule has 1 aliphatic rings. The van der Waals surface area contributed by atoms with Crippen LogP contribution in [0.25, 0.3) is 10.9 Å². The molecular formula is C22H22N2O3. The maximum atomic E-state index is 13.2. The Hall–Kier alpha value is -2.92. The van der Waals surface area contributed by atoms with E-state index < -0.39 is 17.4 Å². The fourth-order valence-electron chi connectivity index (χ4n) is 3.97. The molecule has 4 rings (SSSR count). The van der Waals surface area contributed by atoms with Crippen LogP contribution < -0.4 is 4.90 Å². The number of carbonyl (C=O) groups excluding carboxylic acids is 2. The number of H-pyrrole nitrogens is 1. The van der Waals surface area contributed by atoms with Crippen LogP contribution in [0.4, 0.5) is 5.69 Å². The van der Waals surface area contributed by atoms with E-state index in [1.54, 1.807) is 24.0 Å². The molecule has 2 N–H and O–H groups in total. The average Bonchev–Trinajstić information content (AvgIpc) is 3.18. The molecule has 2 aromatic carbocycles. The van der Waals surface area contributed by atoms with E-state index in [1.165, 1.54) is 6.92 Å². The number of carbonyl (C=O) groups is 2. The first-order valence-corrected chi connectivity index (χ1v) is 9.14. The third-order valence-corrected chi connectivity index (χ3v) is 5.69. The second-order valence-corrected chi connectivity index (χ2v) is 7.18. The van der Waals surface area contributed by atoms with E-state index >= 15 is 0 Å². The first kappa shape index (κ1) is 17.5. The number of nitrogens with one attached hydrogen (secondary N) is 1. The number of anilines is 1. The highest BCUT2D eigenvalue weighted by Gasteiger charge is 2.54. The van der Waals surface area contributed by atoms with Gasteiger partial charge in [0.05, 0.1) is 11.6 Å². The average molecular weight is 362 g/mol. The van der Waals surface area contributed by atoms with Gasteiger partial charge in [-0.3, -0.25) is 9.59 Å². The van der Waals surface area contributed by atoms with Gasteiger partial charge in [-0.15, -0.1) is 0 Å². The van der Waals surface area contributed by atoms with E-state index in [2.05, 4.69) is 11.1 Å². The van der Waals surface area contributed by atoms with Crippen LogP contribution in [0.3, 0.4) is 0 Å². The van der Waals surface area contributed by atoms with Crippen LogP contribution in [0.2, 0.25) is 0 Å². The zero-order valence-corrected chi connectivity index (χ0v) is 15.4. The molecule has 138 valence electrons. The SMILES string of the molecule is CC(=O)C(C)C1(O)C(=O)N(CCc2c[nH]c3ccccc23)c2ccccc21. The third kappa shape index (κ3) is 2.58. The fourth-order valence-corrected chi connectivity index (χ4v) is 3.97. The Kier molecular flexibility index (Phi) is 4.12. The summed E-state index contributed by atoms with van der Waals surface area (Å²) in [4.78, 5) is 30.0. The summed E-state index contributed by atoms with van der Waals surface area (Å²) in [6.45, 7) is 3.46. The van der Waals surface area contributed by atoms with Crippen LogP contribution in [0, 0.1) is 5.92 Å². The topological polar surface area (TPSA) is 73.4 Å². The first-order valence-electron chi connectivity index (χ1n) is 9.14. The minimum Gasteiger partial charge on any atom is -0.375 e. The maximum absolute atomic E-state index is 13.2. The Bertz CT molecular complexity index is 1040. The summed E-state index contributed by atoms with van der Waals surface area (Å²) >= 11 is 0. The quantitative estimate of drug-likeness (QED) is 0.732. The summed E-state index contributed by atoms with van der Waals surface area (Å²) in [6, 6.07) is 15.2. The van der Waals surface area contributed by atoms with Crippen LogP contribution >= 0.6 is 0 Å². The van der Waals surface area contributed by atoms with E-state index in [1.807, 2.05) is 36.5 Å². The Morgan fingerprint density at radius 3 is 2.67 bits per heavy atom. The van der Waals surface area contributed by atoms with Gasteiger partial charge in [0.2, 0.25) is 0 Å². The number of fused-ring (bicyclic) bond motifs is 2. The smallest absolute Gasteiger partial charge is 0.264 e. The van der Waals surface area contributed by atoms with Gasteiger partial charge < -0.3 is 15.0 Å². The van der Waals surface area contributed by atoms with E-state index in [0.29, 0.717) is 24.2 Å². The van der Waals surface area contributed by atoms with Crippen molar-refractivity contribution in [2.24, 2.45) is 5.92 Å². The standard InChI is InChI=1S/C22H22N2O3/c1-14(15(2)25)22(27)18-8-4-6-10-20(18)24(21(22)26)12-11-16-13-23-19-9-5-3-7-17(16)19/h3-10,13-14,23,27H,11-12H2,1-2H3. The van der Waals surface area contributed by atoms with E-state index in [9.17, 15) is 14.7 Å². The highest BCUT2D eigenvalue weighted by atomic mass is 16.3. The Labute approximate surface area is 157 Å². The summed E-state index contributed by atoms with van der Waals surface area (Å²) < 4.78 is 0. The Morgan fingerprint density at radius 2 is 1.89 bits per heavy atom. The molecule has 0 saturated heterocycles. The van der Waals surface area contributed by atoms with Gasteiger partial charge in [-0.1, -0.05) is 43.3 Å². The number of nitrogens with zero attached hydrogens (tertiary/aromatic N) is 1. The first-order chi connectivity index (χ1) is 12.9. The largest absolute Gasteiger partial charge is 0.375 e. The molecule has 1 amide bonds. The van der Waals surface area contributed by atoms with Crippen molar-refractivity contribution in [3.8, 4) is 0 Å². The number of ketones is 1. The number of amides is 1. The number of aliphatic hydroxyl groups is 1. The van der Waals surface area contributed by atoms with Crippen molar-refractivity contribution >= 4 is 28.3 Å². The molecule has 1 aliphatic heterocycles. The monoisotopic (exact) mass is 362 g/mol. The summed E-state index contributed by atoms with van der Waals surface area (Å²) in [5, 5.41) is 12.4. The van der Waals surface area contributed by atoms with Crippen molar-refractivity contribution < 1.29 is 14.7 Å². The van der Waals surface area contributed by atoms with Gasteiger partial charge in [0.25, 0.3) is 5.91 Å². The second kappa shape index (κ2) is 6.35. The number of rotatable bonds is 5. The zero-order chi connectivity index (χ0) is 19.2. The maximum Gasteiger partial charge on any atom is 0.264 e. The molecule has 5 heteroatoms. The van der Waals surface area contributed by atoms with Crippen molar-refractivity contribution in [2.45, 2.75) is 25.9 Å². The van der Waals surface area contributed by atoms with Gasteiger partial charge in [-0.2, -0.15) is 0 Å². The van der Waals surface area contributed by atoms with Crippen LogP contribution in [-0.4, -0.2) is 28.3 Å². The number of para-hydroxylation sites is 2. The molecule has 0 radical (unpaired) electrons. The number of aromatic amines is 1. The number of hydrogen-bond acceptors (Lipinski definition) is 3. The molecular weight excluding hydrogens is 340 g/mol. The molecule has 1 aromatic heterocycles. The van der Waals surface area contributed by atoms with Crippen molar-refractivity contribution in [1.82, 2.24) is 4.98 Å². The van der Waals surface area contributed by atoms with E-state index in [-0.39, 0.29) is 5.78 Å². The summed E-state index contributed by atoms with van der Waals surface area (Å²) in [5.41, 5.74) is 1.56. The Morgan fingerprint density at radius 1 is 1.19 bits per heavy atom. The number of hydrogen-bond donors (Lipinski definition) is 2. The third-order valence-electron chi connectivity index (χ3n) is 5.69. The molecule has 0 saturated carbocycles. The number of benzene rings is 2. The Balaban J connectivity index is 1.67. The van der Waals surface area contributed by atoms with Crippen molar-refractivity contribution in [3.63, 3.8) is 0 Å². The van der Waals surface area contributed by atoms with E-state index in [0.717, 1.165) is 16.5 Å². The predicted molar refractivity (Wildman–Crippen MR) is 105 cm³/mol. The molecule has 0 bridgehead atoms. The van der Waals surface area contributed by atoms with Gasteiger partial charge >= 0.3 is 0 Å². The van der Waals surface area contributed by atoms with Crippen molar-refractivity contribution in [2.75, 3.05) is 11.4 Å². The van der Waals surface area contributed by atoms with Crippen molar-refractivity contribution in [1.29, 1.82) is 0 Å². The lowest BCUT2D eigenvalue weighted by Crippen LogP contribution is -2.47. The minimum absolute atomic E-state index is 0.209. The van der Waals surface area contributed by atoms with Gasteiger partial charge in [0.1, 0.15) is 5.78 Å². The number of aromatic nitrogens is 1. The lowest BCUT2D eigenvalue weighted by molar-refractivity contribution is -0.148. The molecule has 0 spiro atoms. The predicted octanol–water partition coefficient (Wildman–Crippen LogP) is 3.17. The van der Waals surface area contributed by atoms with Crippen LogP contribution in [0.5, 0.6) is 0 Å². The van der Waals surface area contributed by atoms with Crippen molar-refractivity contribution in [3.05, 3.63) is 65.9 Å². The minimum atomic E-state index is -1.80. The van der Waals surface area contributed by atoms with Gasteiger partial charge in [-0.05, 0) is 31.0 Å². The van der Waals surface area contributed by atoms with Gasteiger partial charge in [-0.25, -0.2) is 0 Å². The highest BCUT2D eigenvalue weighted by Crippen LogP contribution is 2.44. The van der Waals surface area contributed by atoms with Crippen LogP contribution in [-0.2, 0) is 21.6 Å². The molecule has 27 heavy (non-hydrogen) atoms. The summed E-state index contributed by atoms with van der Waals surface area (Å²) in [6.07, 6.45) is 2.61. The normalized spacial score (nSPS) is 20.1. The molecule has 3 aromatic rings. The van der Waals surface area contributed by atoms with Crippen LogP contribution in [0.15, 0.2) is 54.7 Å². The lowest BCUT2D eigenvalue weighted by Gasteiger charge is -2.27. The fraction of sp³-hybridized carbons (Fsp3) is 0.273. The summed E-state index contributed by atoms with van der Waals surface area (Å²) in [7, 11) is 0. The molecule has 2 heterocycles. The molecule has 5 nitrogen and oxygen atoms in total. The molecule has 0 aliphatic carbocycles. The summed E-state index contributed by atoms with van der Waals surface area (Å²) in [5.74, 6) is -1.44. The molecule has 0 fully saturated rings. The second-order valence-electron chi connectivity index (χ2n) is 7.18.